The molecule has 2 aromatic heterocycles. The first-order valence-corrected chi connectivity index (χ1v) is 7.08. The van der Waals surface area contributed by atoms with E-state index in [9.17, 15) is 14.9 Å². The van der Waals surface area contributed by atoms with E-state index < -0.39 is 10.8 Å². The Labute approximate surface area is 140 Å². The van der Waals surface area contributed by atoms with Crippen molar-refractivity contribution in [3.8, 4) is 11.6 Å². The van der Waals surface area contributed by atoms with Gasteiger partial charge in [0.05, 0.1) is 4.92 Å². The van der Waals surface area contributed by atoms with Gasteiger partial charge in [-0.1, -0.05) is 17.2 Å². The molecule has 0 spiro atoms. The summed E-state index contributed by atoms with van der Waals surface area (Å²) in [7, 11) is 1.75. The highest BCUT2D eigenvalue weighted by molar-refractivity contribution is 6.00. The largest absolute Gasteiger partial charge is 0.401 e. The lowest BCUT2D eigenvalue weighted by Gasteiger charge is -1.95. The van der Waals surface area contributed by atoms with Crippen molar-refractivity contribution >= 4 is 23.7 Å². The zero-order chi connectivity index (χ0) is 17.8. The first kappa shape index (κ1) is 16.1. The van der Waals surface area contributed by atoms with Gasteiger partial charge in [0.1, 0.15) is 5.69 Å². The lowest BCUT2D eigenvalue weighted by molar-refractivity contribution is -0.384. The molecule has 0 aliphatic carbocycles. The van der Waals surface area contributed by atoms with Crippen molar-refractivity contribution in [1.29, 1.82) is 0 Å². The van der Waals surface area contributed by atoms with Gasteiger partial charge in [-0.2, -0.15) is 5.10 Å². The molecule has 0 fully saturated rings. The lowest BCUT2D eigenvalue weighted by atomic mass is 10.2. The molecule has 10 nitrogen and oxygen atoms in total. The van der Waals surface area contributed by atoms with Crippen molar-refractivity contribution < 1.29 is 14.1 Å². The Bertz CT molecular complexity index is 958. The van der Waals surface area contributed by atoms with Gasteiger partial charge in [0.25, 0.3) is 17.5 Å². The van der Waals surface area contributed by atoms with E-state index in [2.05, 4.69) is 20.6 Å². The summed E-state index contributed by atoms with van der Waals surface area (Å²) < 4.78 is 6.89. The molecule has 1 amide bonds. The maximum Gasteiger partial charge on any atom is 0.322 e. The molecule has 0 saturated heterocycles. The molecule has 1 aromatic carbocycles. The second-order valence-corrected chi connectivity index (χ2v) is 4.96. The van der Waals surface area contributed by atoms with Gasteiger partial charge in [-0.3, -0.25) is 24.9 Å². The van der Waals surface area contributed by atoms with Crippen molar-refractivity contribution in [3.05, 3.63) is 58.3 Å². The molecule has 10 heteroatoms. The van der Waals surface area contributed by atoms with Crippen LogP contribution in [0, 0.1) is 10.1 Å². The SMILES string of the molecule is Cn1ccc(-c2nnc(NC(=O)C=Cc3cccc([N+](=O)[O-])c3)o2)n1. The predicted molar refractivity (Wildman–Crippen MR) is 87.3 cm³/mol. The fourth-order valence-corrected chi connectivity index (χ4v) is 1.97. The summed E-state index contributed by atoms with van der Waals surface area (Å²) in [5, 5.41) is 24.8. The average molecular weight is 340 g/mol. The Hall–Kier alpha value is -3.82. The van der Waals surface area contributed by atoms with Gasteiger partial charge in [-0.05, 0) is 17.7 Å². The second kappa shape index (κ2) is 6.74. The number of benzene rings is 1. The van der Waals surface area contributed by atoms with Crippen molar-refractivity contribution in [2.24, 2.45) is 7.05 Å². The molecular weight excluding hydrogens is 328 g/mol. The monoisotopic (exact) mass is 340 g/mol. The Morgan fingerprint density at radius 2 is 2.20 bits per heavy atom. The lowest BCUT2D eigenvalue weighted by Crippen LogP contribution is -2.07. The number of anilines is 1. The minimum absolute atomic E-state index is 0.0561. The number of carbonyl (C=O) groups is 1. The third-order valence-corrected chi connectivity index (χ3v) is 3.10. The van der Waals surface area contributed by atoms with Crippen LogP contribution in [0.2, 0.25) is 0 Å². The van der Waals surface area contributed by atoms with E-state index in [-0.39, 0.29) is 17.6 Å². The van der Waals surface area contributed by atoms with E-state index in [1.807, 2.05) is 0 Å². The van der Waals surface area contributed by atoms with Crippen LogP contribution in [0.15, 0.2) is 47.0 Å². The molecule has 0 saturated carbocycles. The molecule has 25 heavy (non-hydrogen) atoms. The van der Waals surface area contributed by atoms with Gasteiger partial charge in [-0.15, -0.1) is 5.10 Å². The minimum Gasteiger partial charge on any atom is -0.401 e. The quantitative estimate of drug-likeness (QED) is 0.427. The van der Waals surface area contributed by atoms with E-state index in [0.717, 1.165) is 0 Å². The number of nitro benzene ring substituents is 1. The highest BCUT2D eigenvalue weighted by Crippen LogP contribution is 2.17. The van der Waals surface area contributed by atoms with Crippen LogP contribution in [-0.4, -0.2) is 30.8 Å². The number of nitrogens with one attached hydrogen (secondary N) is 1. The third-order valence-electron chi connectivity index (χ3n) is 3.10. The molecule has 0 bridgehead atoms. The average Bonchev–Trinajstić information content (AvgIpc) is 3.22. The van der Waals surface area contributed by atoms with Gasteiger partial charge in [0.2, 0.25) is 0 Å². The fraction of sp³-hybridized carbons (Fsp3) is 0.0667. The van der Waals surface area contributed by atoms with E-state index >= 15 is 0 Å². The summed E-state index contributed by atoms with van der Waals surface area (Å²) in [6.45, 7) is 0. The topological polar surface area (TPSA) is 129 Å². The molecule has 0 aliphatic rings. The number of nitro groups is 1. The molecule has 0 aliphatic heterocycles. The molecule has 3 aromatic rings. The molecule has 0 atom stereocenters. The van der Waals surface area contributed by atoms with Crippen LogP contribution in [-0.2, 0) is 11.8 Å². The minimum atomic E-state index is -0.511. The van der Waals surface area contributed by atoms with Gasteiger partial charge in [0.15, 0.2) is 0 Å². The second-order valence-electron chi connectivity index (χ2n) is 4.96. The molecule has 3 rings (SSSR count). The van der Waals surface area contributed by atoms with Crippen LogP contribution in [0.4, 0.5) is 11.7 Å². The van der Waals surface area contributed by atoms with Crippen LogP contribution in [0.1, 0.15) is 5.56 Å². The van der Waals surface area contributed by atoms with Gasteiger partial charge in [-0.25, -0.2) is 0 Å². The molecular formula is C15H12N6O4. The zero-order valence-electron chi connectivity index (χ0n) is 13.0. The predicted octanol–water partition coefficient (Wildman–Crippen LogP) is 2.03. The maximum atomic E-state index is 11.9. The highest BCUT2D eigenvalue weighted by Gasteiger charge is 2.12. The first-order chi connectivity index (χ1) is 12.0. The summed E-state index contributed by atoms with van der Waals surface area (Å²) in [6, 6.07) is 7.52. The van der Waals surface area contributed by atoms with Crippen LogP contribution in [0.3, 0.4) is 0 Å². The van der Waals surface area contributed by atoms with Crippen molar-refractivity contribution in [1.82, 2.24) is 20.0 Å². The zero-order valence-corrected chi connectivity index (χ0v) is 13.0. The number of hydrogen-bond donors (Lipinski definition) is 1. The molecule has 0 unspecified atom stereocenters. The summed E-state index contributed by atoms with van der Waals surface area (Å²) >= 11 is 0. The molecule has 1 N–H and O–H groups in total. The number of aryl methyl sites for hydroxylation is 1. The Balaban J connectivity index is 1.66. The highest BCUT2D eigenvalue weighted by atomic mass is 16.6. The smallest absolute Gasteiger partial charge is 0.322 e. The maximum absolute atomic E-state index is 11.9. The van der Waals surface area contributed by atoms with Crippen LogP contribution in [0.5, 0.6) is 0 Å². The number of rotatable bonds is 5. The fourth-order valence-electron chi connectivity index (χ4n) is 1.97. The third kappa shape index (κ3) is 3.93. The van der Waals surface area contributed by atoms with Crippen LogP contribution in [0.25, 0.3) is 17.7 Å². The van der Waals surface area contributed by atoms with Crippen LogP contribution < -0.4 is 5.32 Å². The van der Waals surface area contributed by atoms with Gasteiger partial charge < -0.3 is 4.42 Å². The van der Waals surface area contributed by atoms with Crippen molar-refractivity contribution in [2.45, 2.75) is 0 Å². The number of non-ortho nitro benzene ring substituents is 1. The molecule has 0 radical (unpaired) electrons. The molecule has 126 valence electrons. The van der Waals surface area contributed by atoms with Crippen molar-refractivity contribution in [3.63, 3.8) is 0 Å². The Kier molecular flexibility index (Phi) is 4.33. The standard InChI is InChI=1S/C15H12N6O4/c1-20-8-7-12(19-20)14-17-18-15(25-14)16-13(22)6-5-10-3-2-4-11(9-10)21(23)24/h2-9H,1H3,(H,16,18,22). The number of aromatic nitrogens is 4. The number of carbonyl (C=O) groups excluding carboxylic acids is 1. The van der Waals surface area contributed by atoms with E-state index in [0.29, 0.717) is 11.3 Å². The summed E-state index contributed by atoms with van der Waals surface area (Å²) in [5.41, 5.74) is 0.950. The first-order valence-electron chi connectivity index (χ1n) is 7.08. The Morgan fingerprint density at radius 1 is 1.36 bits per heavy atom. The summed E-state index contributed by atoms with van der Waals surface area (Å²) in [4.78, 5) is 22.1. The van der Waals surface area contributed by atoms with E-state index in [4.69, 9.17) is 4.42 Å². The normalized spacial score (nSPS) is 10.9. The van der Waals surface area contributed by atoms with Crippen molar-refractivity contribution in [2.75, 3.05) is 5.32 Å². The summed E-state index contributed by atoms with van der Waals surface area (Å²) in [6.07, 6.45) is 4.38. The summed E-state index contributed by atoms with van der Waals surface area (Å²) in [5.74, 6) is -0.332. The van der Waals surface area contributed by atoms with Crippen LogP contribution >= 0.6 is 0 Å². The van der Waals surface area contributed by atoms with E-state index in [1.54, 1.807) is 30.1 Å². The van der Waals surface area contributed by atoms with Gasteiger partial charge in [0, 0.05) is 31.5 Å². The molecule has 2 heterocycles. The van der Waals surface area contributed by atoms with E-state index in [1.165, 1.54) is 30.4 Å². The Morgan fingerprint density at radius 3 is 2.92 bits per heavy atom. The van der Waals surface area contributed by atoms with Gasteiger partial charge >= 0.3 is 6.01 Å². The number of hydrogen-bond acceptors (Lipinski definition) is 7. The number of amides is 1. The number of nitrogens with zero attached hydrogens (tertiary/aromatic N) is 5.